The maximum atomic E-state index is 13.2. The van der Waals surface area contributed by atoms with Gasteiger partial charge in [0.05, 0.1) is 13.1 Å². The fraction of sp³-hybridized carbons (Fsp3) is 0.400. The van der Waals surface area contributed by atoms with Gasteiger partial charge in [0.1, 0.15) is 36.2 Å². The zero-order chi connectivity index (χ0) is 18.1. The highest BCUT2D eigenvalue weighted by molar-refractivity contribution is 5.76. The van der Waals surface area contributed by atoms with Crippen molar-refractivity contribution in [3.63, 3.8) is 0 Å². The van der Waals surface area contributed by atoms with Crippen molar-refractivity contribution < 1.29 is 15.0 Å². The number of carbonyl (C=O) groups is 1. The summed E-state index contributed by atoms with van der Waals surface area (Å²) < 4.78 is 0. The summed E-state index contributed by atoms with van der Waals surface area (Å²) in [5, 5.41) is 41.5. The SMILES string of the molecule is O=C(N1CC(O)NC1c1cccnn1)N1CC(O)NC1c1cccnn1. The molecule has 0 aliphatic carbocycles. The highest BCUT2D eigenvalue weighted by Gasteiger charge is 2.43. The van der Waals surface area contributed by atoms with Crippen molar-refractivity contribution in [1.82, 2.24) is 40.8 Å². The van der Waals surface area contributed by atoms with Crippen LogP contribution in [-0.4, -0.2) is 72.0 Å². The number of β-amino-alcohol motifs (C(OH)–C–C–N with tert-alkyl or cyclic N) is 2. The molecule has 2 amide bonds. The van der Waals surface area contributed by atoms with E-state index in [2.05, 4.69) is 31.0 Å². The molecule has 4 N–H and O–H groups in total. The van der Waals surface area contributed by atoms with Gasteiger partial charge in [-0.05, 0) is 24.3 Å². The van der Waals surface area contributed by atoms with Crippen LogP contribution in [0.3, 0.4) is 0 Å². The molecule has 0 radical (unpaired) electrons. The van der Waals surface area contributed by atoms with E-state index in [4.69, 9.17) is 0 Å². The van der Waals surface area contributed by atoms with Crippen molar-refractivity contribution in [1.29, 1.82) is 0 Å². The molecule has 4 atom stereocenters. The zero-order valence-corrected chi connectivity index (χ0v) is 13.7. The Morgan fingerprint density at radius 2 is 1.38 bits per heavy atom. The lowest BCUT2D eigenvalue weighted by molar-refractivity contribution is 0.127. The minimum atomic E-state index is -0.888. The zero-order valence-electron chi connectivity index (χ0n) is 13.7. The van der Waals surface area contributed by atoms with Gasteiger partial charge in [-0.15, -0.1) is 0 Å². The highest BCUT2D eigenvalue weighted by Crippen LogP contribution is 2.28. The summed E-state index contributed by atoms with van der Waals surface area (Å²) in [7, 11) is 0. The number of rotatable bonds is 2. The fourth-order valence-electron chi connectivity index (χ4n) is 3.18. The molecule has 2 aromatic heterocycles. The molecule has 136 valence electrons. The number of hydrogen-bond acceptors (Lipinski definition) is 9. The molecule has 2 saturated heterocycles. The minimum absolute atomic E-state index is 0.0832. The molecule has 4 rings (SSSR count). The first-order chi connectivity index (χ1) is 12.6. The Hall–Kier alpha value is -2.73. The number of aliphatic hydroxyl groups is 2. The molecule has 0 saturated carbocycles. The molecule has 0 spiro atoms. The first-order valence-electron chi connectivity index (χ1n) is 8.14. The van der Waals surface area contributed by atoms with E-state index < -0.39 is 24.8 Å². The van der Waals surface area contributed by atoms with E-state index in [9.17, 15) is 15.0 Å². The average molecular weight is 358 g/mol. The summed E-state index contributed by atoms with van der Waals surface area (Å²) in [6.07, 6.45) is 0.0540. The molecule has 11 heteroatoms. The van der Waals surface area contributed by atoms with Crippen LogP contribution in [-0.2, 0) is 0 Å². The predicted octanol–water partition coefficient (Wildman–Crippen LogP) is -1.47. The molecule has 2 fully saturated rings. The van der Waals surface area contributed by atoms with Gasteiger partial charge in [0.25, 0.3) is 0 Å². The molecule has 11 nitrogen and oxygen atoms in total. The van der Waals surface area contributed by atoms with Crippen LogP contribution < -0.4 is 10.6 Å². The van der Waals surface area contributed by atoms with Crippen LogP contribution in [0.5, 0.6) is 0 Å². The minimum Gasteiger partial charge on any atom is -0.377 e. The largest absolute Gasteiger partial charge is 0.377 e. The quantitative estimate of drug-likeness (QED) is 0.506. The summed E-state index contributed by atoms with van der Waals surface area (Å²) in [6.45, 7) is 0.166. The Morgan fingerprint density at radius 3 is 1.77 bits per heavy atom. The van der Waals surface area contributed by atoms with Gasteiger partial charge in [-0.1, -0.05) is 0 Å². The molecule has 26 heavy (non-hydrogen) atoms. The summed E-state index contributed by atoms with van der Waals surface area (Å²) in [5.74, 6) is 0. The molecular formula is C15H18N8O3. The Bertz CT molecular complexity index is 701. The Kier molecular flexibility index (Phi) is 4.42. The lowest BCUT2D eigenvalue weighted by Crippen LogP contribution is -2.45. The number of amides is 2. The van der Waals surface area contributed by atoms with Gasteiger partial charge < -0.3 is 10.2 Å². The predicted molar refractivity (Wildman–Crippen MR) is 86.6 cm³/mol. The van der Waals surface area contributed by atoms with Crippen LogP contribution in [0.25, 0.3) is 0 Å². The average Bonchev–Trinajstić information content (AvgIpc) is 3.25. The first-order valence-corrected chi connectivity index (χ1v) is 8.14. The number of urea groups is 1. The van der Waals surface area contributed by atoms with Crippen LogP contribution in [0.1, 0.15) is 23.7 Å². The van der Waals surface area contributed by atoms with E-state index in [-0.39, 0.29) is 19.1 Å². The molecule has 2 aliphatic heterocycles. The maximum absolute atomic E-state index is 13.2. The van der Waals surface area contributed by atoms with Gasteiger partial charge >= 0.3 is 6.03 Å². The van der Waals surface area contributed by atoms with E-state index in [1.807, 2.05) is 0 Å². The smallest absolute Gasteiger partial charge is 0.323 e. The lowest BCUT2D eigenvalue weighted by atomic mass is 10.3. The monoisotopic (exact) mass is 358 g/mol. The number of hydrogen-bond donors (Lipinski definition) is 4. The van der Waals surface area contributed by atoms with Crippen molar-refractivity contribution >= 4 is 6.03 Å². The van der Waals surface area contributed by atoms with Crippen molar-refractivity contribution in [3.8, 4) is 0 Å². The van der Waals surface area contributed by atoms with Crippen LogP contribution in [0.2, 0.25) is 0 Å². The van der Waals surface area contributed by atoms with E-state index >= 15 is 0 Å². The van der Waals surface area contributed by atoms with Gasteiger partial charge in [0.15, 0.2) is 0 Å². The summed E-state index contributed by atoms with van der Waals surface area (Å²) in [6, 6.07) is 6.49. The van der Waals surface area contributed by atoms with Crippen LogP contribution in [0.4, 0.5) is 4.79 Å². The molecule has 4 unspecified atom stereocenters. The number of nitrogens with zero attached hydrogens (tertiary/aromatic N) is 6. The van der Waals surface area contributed by atoms with Crippen molar-refractivity contribution in [2.24, 2.45) is 0 Å². The van der Waals surface area contributed by atoms with Gasteiger partial charge in [0, 0.05) is 12.4 Å². The Labute approximate surface area is 148 Å². The second-order valence-electron chi connectivity index (χ2n) is 6.05. The third-order valence-electron chi connectivity index (χ3n) is 4.30. The van der Waals surface area contributed by atoms with Gasteiger partial charge in [-0.3, -0.25) is 20.4 Å². The van der Waals surface area contributed by atoms with Crippen LogP contribution in [0.15, 0.2) is 36.7 Å². The van der Waals surface area contributed by atoms with E-state index in [1.54, 1.807) is 24.3 Å². The summed E-state index contributed by atoms with van der Waals surface area (Å²) in [4.78, 5) is 16.1. The molecule has 4 heterocycles. The van der Waals surface area contributed by atoms with E-state index in [1.165, 1.54) is 22.2 Å². The molecule has 2 aromatic rings. The van der Waals surface area contributed by atoms with Gasteiger partial charge in [-0.2, -0.15) is 20.4 Å². The fourth-order valence-corrected chi connectivity index (χ4v) is 3.18. The third-order valence-corrected chi connectivity index (χ3v) is 4.30. The summed E-state index contributed by atoms with van der Waals surface area (Å²) >= 11 is 0. The van der Waals surface area contributed by atoms with Crippen molar-refractivity contribution in [3.05, 3.63) is 48.0 Å². The second-order valence-corrected chi connectivity index (χ2v) is 6.05. The third kappa shape index (κ3) is 3.08. The molecular weight excluding hydrogens is 340 g/mol. The highest BCUT2D eigenvalue weighted by atomic mass is 16.3. The molecule has 0 bridgehead atoms. The molecule has 2 aliphatic rings. The normalized spacial score (nSPS) is 28.5. The number of nitrogens with one attached hydrogen (secondary N) is 2. The van der Waals surface area contributed by atoms with E-state index in [0.717, 1.165) is 0 Å². The number of aromatic nitrogens is 4. The second kappa shape index (κ2) is 6.88. The van der Waals surface area contributed by atoms with Crippen molar-refractivity contribution in [2.75, 3.05) is 13.1 Å². The number of aliphatic hydroxyl groups excluding tert-OH is 2. The van der Waals surface area contributed by atoms with Crippen molar-refractivity contribution in [2.45, 2.75) is 24.8 Å². The van der Waals surface area contributed by atoms with Gasteiger partial charge in [0.2, 0.25) is 0 Å². The first kappa shape index (κ1) is 16.7. The number of carbonyl (C=O) groups excluding carboxylic acids is 1. The van der Waals surface area contributed by atoms with Gasteiger partial charge in [-0.25, -0.2) is 4.79 Å². The summed E-state index contributed by atoms with van der Waals surface area (Å²) in [5.41, 5.74) is 1.03. The lowest BCUT2D eigenvalue weighted by Gasteiger charge is -2.30. The van der Waals surface area contributed by atoms with Crippen LogP contribution in [0, 0.1) is 0 Å². The standard InChI is InChI=1S/C15H18N8O3/c24-11-7-22(13(18-11)9-3-1-5-16-20-9)15(26)23-8-12(25)19-14(23)10-4-2-6-17-21-10/h1-6,11-14,18-19,24-25H,7-8H2. The van der Waals surface area contributed by atoms with Crippen LogP contribution >= 0.6 is 0 Å². The topological polar surface area (TPSA) is 140 Å². The van der Waals surface area contributed by atoms with E-state index in [0.29, 0.717) is 11.4 Å². The Morgan fingerprint density at radius 1 is 0.923 bits per heavy atom. The Balaban J connectivity index is 1.60. The maximum Gasteiger partial charge on any atom is 0.323 e. The molecule has 0 aromatic carbocycles.